The fraction of sp³-hybridized carbons (Fsp3) is 0.231. The summed E-state index contributed by atoms with van der Waals surface area (Å²) in [5, 5.41) is 14.7. The van der Waals surface area contributed by atoms with Crippen LogP contribution in [0, 0.1) is 13.8 Å². The summed E-state index contributed by atoms with van der Waals surface area (Å²) >= 11 is 0. The van der Waals surface area contributed by atoms with Crippen LogP contribution in [-0.2, 0) is 10.0 Å². The number of carbonyl (C=O) groups is 1. The second-order valence-electron chi connectivity index (χ2n) is 4.65. The van der Waals surface area contributed by atoms with Crippen LogP contribution >= 0.6 is 0 Å². The number of rotatable bonds is 4. The van der Waals surface area contributed by atoms with Gasteiger partial charge in [0.2, 0.25) is 5.03 Å². The zero-order valence-electron chi connectivity index (χ0n) is 11.8. The first-order chi connectivity index (χ1) is 9.75. The minimum atomic E-state index is -4.05. The summed E-state index contributed by atoms with van der Waals surface area (Å²) in [6, 6.07) is 6.89. The van der Waals surface area contributed by atoms with E-state index in [4.69, 9.17) is 5.11 Å². The van der Waals surface area contributed by atoms with Gasteiger partial charge in [-0.25, -0.2) is 4.79 Å². The van der Waals surface area contributed by atoms with Crippen molar-refractivity contribution in [3.8, 4) is 0 Å². The highest BCUT2D eigenvalue weighted by atomic mass is 32.2. The van der Waals surface area contributed by atoms with Crippen LogP contribution in [0.15, 0.2) is 29.3 Å². The minimum Gasteiger partial charge on any atom is -0.478 e. The predicted octanol–water partition coefficient (Wildman–Crippen LogP) is 1.55. The van der Waals surface area contributed by atoms with Crippen molar-refractivity contribution in [2.24, 2.45) is 0 Å². The van der Waals surface area contributed by atoms with E-state index < -0.39 is 21.0 Å². The van der Waals surface area contributed by atoms with Gasteiger partial charge in [-0.3, -0.25) is 9.40 Å². The van der Waals surface area contributed by atoms with Gasteiger partial charge in [0.25, 0.3) is 10.0 Å². The molecule has 112 valence electrons. The molecule has 0 bridgehead atoms. The number of carboxylic acids is 1. The summed E-state index contributed by atoms with van der Waals surface area (Å²) < 4.78 is 26.1. The van der Waals surface area contributed by atoms with Gasteiger partial charge in [-0.2, -0.15) is 13.5 Å². The summed E-state index contributed by atoms with van der Waals surface area (Å²) in [6.45, 7) is 3.30. The molecular formula is C13H15N3O4S. The van der Waals surface area contributed by atoms with Crippen LogP contribution in [-0.4, -0.2) is 36.7 Å². The van der Waals surface area contributed by atoms with E-state index >= 15 is 0 Å². The van der Waals surface area contributed by atoms with Crippen molar-refractivity contribution in [3.63, 3.8) is 0 Å². The lowest BCUT2D eigenvalue weighted by Gasteiger charge is -2.18. The number of aryl methyl sites for hydroxylation is 2. The number of nitrogens with one attached hydrogen (secondary N) is 1. The maximum atomic E-state index is 12.6. The molecule has 0 saturated heterocycles. The standard InChI is InChI=1S/C13H15N3O4S/c1-8-5-4-6-10(7-8)16(3)21(19,20)12-11(13(17)18)9(2)14-15-12/h4-7H,1-3H3,(H,14,15)(H,17,18). The molecule has 2 rings (SSSR count). The molecule has 0 saturated carbocycles. The maximum absolute atomic E-state index is 12.6. The number of anilines is 1. The van der Waals surface area contributed by atoms with Crippen LogP contribution in [0.3, 0.4) is 0 Å². The Labute approximate surface area is 122 Å². The summed E-state index contributed by atoms with van der Waals surface area (Å²) in [5.41, 5.74) is 1.19. The molecule has 0 aliphatic rings. The number of aromatic carboxylic acids is 1. The Balaban J connectivity index is 2.55. The molecule has 0 spiro atoms. The van der Waals surface area contributed by atoms with Gasteiger partial charge in [-0.15, -0.1) is 0 Å². The molecule has 0 aliphatic carbocycles. The number of nitrogens with zero attached hydrogens (tertiary/aromatic N) is 2. The predicted molar refractivity (Wildman–Crippen MR) is 77.1 cm³/mol. The summed E-state index contributed by atoms with van der Waals surface area (Å²) in [4.78, 5) is 11.2. The number of aromatic nitrogens is 2. The van der Waals surface area contributed by atoms with Gasteiger partial charge in [0.1, 0.15) is 5.56 Å². The lowest BCUT2D eigenvalue weighted by Crippen LogP contribution is -2.28. The molecular weight excluding hydrogens is 294 g/mol. The quantitative estimate of drug-likeness (QED) is 0.892. The molecule has 8 heteroatoms. The average Bonchev–Trinajstić information content (AvgIpc) is 2.80. The maximum Gasteiger partial charge on any atom is 0.340 e. The minimum absolute atomic E-state index is 0.193. The first-order valence-electron chi connectivity index (χ1n) is 6.09. The summed E-state index contributed by atoms with van der Waals surface area (Å²) in [5.74, 6) is -1.34. The number of H-pyrrole nitrogens is 1. The van der Waals surface area contributed by atoms with E-state index in [-0.39, 0.29) is 11.3 Å². The number of benzene rings is 1. The number of sulfonamides is 1. The van der Waals surface area contributed by atoms with Crippen molar-refractivity contribution < 1.29 is 18.3 Å². The average molecular weight is 309 g/mol. The van der Waals surface area contributed by atoms with Crippen molar-refractivity contribution in [3.05, 3.63) is 41.1 Å². The lowest BCUT2D eigenvalue weighted by molar-refractivity contribution is 0.0692. The van der Waals surface area contributed by atoms with Crippen molar-refractivity contribution in [1.82, 2.24) is 10.2 Å². The van der Waals surface area contributed by atoms with Gasteiger partial charge in [0, 0.05) is 12.7 Å². The van der Waals surface area contributed by atoms with E-state index in [1.54, 1.807) is 18.2 Å². The molecule has 0 radical (unpaired) electrons. The van der Waals surface area contributed by atoms with Crippen LogP contribution < -0.4 is 4.31 Å². The third-order valence-electron chi connectivity index (χ3n) is 3.10. The Kier molecular flexibility index (Phi) is 3.73. The highest BCUT2D eigenvalue weighted by Gasteiger charge is 2.31. The first kappa shape index (κ1) is 15.0. The van der Waals surface area contributed by atoms with Gasteiger partial charge in [0.05, 0.1) is 5.69 Å². The molecule has 2 N–H and O–H groups in total. The normalized spacial score (nSPS) is 11.4. The first-order valence-corrected chi connectivity index (χ1v) is 7.53. The van der Waals surface area contributed by atoms with Gasteiger partial charge in [-0.1, -0.05) is 12.1 Å². The second kappa shape index (κ2) is 5.21. The molecule has 0 fully saturated rings. The summed E-state index contributed by atoms with van der Waals surface area (Å²) in [7, 11) is -2.69. The molecule has 21 heavy (non-hydrogen) atoms. The smallest absolute Gasteiger partial charge is 0.340 e. The van der Waals surface area contributed by atoms with Gasteiger partial charge in [0.15, 0.2) is 0 Å². The number of hydrogen-bond donors (Lipinski definition) is 2. The zero-order valence-corrected chi connectivity index (χ0v) is 12.6. The van der Waals surface area contributed by atoms with Crippen molar-refractivity contribution in [2.45, 2.75) is 18.9 Å². The third-order valence-corrected chi connectivity index (χ3v) is 4.81. The third kappa shape index (κ3) is 2.62. The van der Waals surface area contributed by atoms with E-state index in [9.17, 15) is 13.2 Å². The van der Waals surface area contributed by atoms with Crippen LogP contribution in [0.5, 0.6) is 0 Å². The fourth-order valence-corrected chi connectivity index (χ4v) is 3.25. The molecule has 0 amide bonds. The zero-order chi connectivity index (χ0) is 15.8. The van der Waals surface area contributed by atoms with Crippen molar-refractivity contribution >= 4 is 21.7 Å². The summed E-state index contributed by atoms with van der Waals surface area (Å²) in [6.07, 6.45) is 0. The highest BCUT2D eigenvalue weighted by molar-refractivity contribution is 7.92. The van der Waals surface area contributed by atoms with Gasteiger partial charge < -0.3 is 5.11 Å². The van der Waals surface area contributed by atoms with Crippen molar-refractivity contribution in [2.75, 3.05) is 11.4 Å². The highest BCUT2D eigenvalue weighted by Crippen LogP contribution is 2.25. The van der Waals surface area contributed by atoms with Crippen molar-refractivity contribution in [1.29, 1.82) is 0 Å². The monoisotopic (exact) mass is 309 g/mol. The molecule has 0 aliphatic heterocycles. The fourth-order valence-electron chi connectivity index (χ4n) is 1.94. The van der Waals surface area contributed by atoms with E-state index in [0.717, 1.165) is 9.87 Å². The Hall–Kier alpha value is -2.35. The Bertz CT molecular complexity index is 795. The van der Waals surface area contributed by atoms with Gasteiger partial charge >= 0.3 is 5.97 Å². The second-order valence-corrected chi connectivity index (χ2v) is 6.53. The van der Waals surface area contributed by atoms with E-state index in [2.05, 4.69) is 10.2 Å². The molecule has 1 heterocycles. The Morgan fingerprint density at radius 3 is 2.57 bits per heavy atom. The molecule has 1 aromatic heterocycles. The topological polar surface area (TPSA) is 103 Å². The number of hydrogen-bond acceptors (Lipinski definition) is 4. The molecule has 0 unspecified atom stereocenters. The molecule has 0 atom stereocenters. The lowest BCUT2D eigenvalue weighted by atomic mass is 10.2. The van der Waals surface area contributed by atoms with E-state index in [1.807, 2.05) is 13.0 Å². The Morgan fingerprint density at radius 1 is 1.33 bits per heavy atom. The van der Waals surface area contributed by atoms with Gasteiger partial charge in [-0.05, 0) is 31.5 Å². The largest absolute Gasteiger partial charge is 0.478 e. The van der Waals surface area contributed by atoms with Crippen LogP contribution in [0.25, 0.3) is 0 Å². The molecule has 2 aromatic rings. The number of aromatic amines is 1. The molecule has 1 aromatic carbocycles. The SMILES string of the molecule is Cc1cccc(N(C)S(=O)(=O)c2n[nH]c(C)c2C(=O)O)c1. The number of carboxylic acid groups (broad SMARTS) is 1. The van der Waals surface area contributed by atoms with Crippen LogP contribution in [0.2, 0.25) is 0 Å². The Morgan fingerprint density at radius 2 is 2.00 bits per heavy atom. The van der Waals surface area contributed by atoms with E-state index in [1.165, 1.54) is 14.0 Å². The van der Waals surface area contributed by atoms with E-state index in [0.29, 0.717) is 5.69 Å². The van der Waals surface area contributed by atoms with Crippen LogP contribution in [0.4, 0.5) is 5.69 Å². The molecule has 7 nitrogen and oxygen atoms in total. The van der Waals surface area contributed by atoms with Crippen LogP contribution in [0.1, 0.15) is 21.6 Å².